The van der Waals surface area contributed by atoms with Gasteiger partial charge in [-0.15, -0.1) is 23.2 Å². The standard InChI is InChI=1S/C35H23Cl3F8N4O6/c1-3-56-18-10-12(4-8-17(18)51)21-13-5-6-14-20(30(53)50(29(14)52)48(2)28-16(36)7-9-19(47-28)35(44,45)46)15(13)11-33(37)31(54)49(32(55)34(21,33)38)27-25(42)23(40)22(39)24(41)26(27)43/h4-5,7-10,14-15,20-21,51H,3,6,11H2,1-2H3. The lowest BCUT2D eigenvalue weighted by Crippen LogP contribution is -2.60. The van der Waals surface area contributed by atoms with Crippen LogP contribution in [0.1, 0.15) is 36.9 Å². The Labute approximate surface area is 325 Å². The molecule has 0 radical (unpaired) electrons. The maximum absolute atomic E-state index is 15.3. The molecule has 7 rings (SSSR count). The highest BCUT2D eigenvalue weighted by atomic mass is 35.5. The molecule has 1 N–H and O–H groups in total. The van der Waals surface area contributed by atoms with Crippen molar-refractivity contribution in [3.8, 4) is 11.5 Å². The number of benzene rings is 2. The molecule has 4 amide bonds. The van der Waals surface area contributed by atoms with Gasteiger partial charge in [-0.1, -0.05) is 29.3 Å². The Balaban J connectivity index is 1.40. The summed E-state index contributed by atoms with van der Waals surface area (Å²) < 4.78 is 120. The number of anilines is 2. The maximum Gasteiger partial charge on any atom is 0.433 e. The number of aromatic hydroxyl groups is 1. The number of nitrogens with zero attached hydrogens (tertiary/aromatic N) is 4. The van der Waals surface area contributed by atoms with E-state index in [0.717, 1.165) is 19.2 Å². The zero-order valence-corrected chi connectivity index (χ0v) is 30.6. The number of carbonyl (C=O) groups excluding carboxylic acids is 4. The van der Waals surface area contributed by atoms with Crippen LogP contribution in [0.4, 0.5) is 46.6 Å². The number of pyridine rings is 1. The van der Waals surface area contributed by atoms with Gasteiger partial charge in [-0.3, -0.25) is 24.2 Å². The molecule has 3 aromatic rings. The number of hydrogen-bond donors (Lipinski definition) is 1. The molecule has 6 atom stereocenters. The lowest BCUT2D eigenvalue weighted by molar-refractivity contribution is -0.141. The quantitative estimate of drug-likeness (QED) is 0.0693. The van der Waals surface area contributed by atoms with Crippen LogP contribution in [-0.4, -0.2) is 62.1 Å². The molecule has 1 saturated carbocycles. The topological polar surface area (TPSA) is 120 Å². The third kappa shape index (κ3) is 5.31. The van der Waals surface area contributed by atoms with Crippen LogP contribution in [0.25, 0.3) is 0 Å². The molecule has 2 aliphatic carbocycles. The van der Waals surface area contributed by atoms with Crippen LogP contribution in [0, 0.1) is 46.8 Å². The van der Waals surface area contributed by atoms with Crippen LogP contribution in [0.2, 0.25) is 5.02 Å². The van der Waals surface area contributed by atoms with E-state index in [1.807, 2.05) is 0 Å². The average molecular weight is 854 g/mol. The number of amides is 4. The lowest BCUT2D eigenvalue weighted by Gasteiger charge is -2.50. The van der Waals surface area contributed by atoms with Gasteiger partial charge in [0.1, 0.15) is 11.4 Å². The van der Waals surface area contributed by atoms with Crippen LogP contribution < -0.4 is 14.6 Å². The smallest absolute Gasteiger partial charge is 0.433 e. The van der Waals surface area contributed by atoms with E-state index < -0.39 is 122 Å². The third-order valence-electron chi connectivity index (χ3n) is 10.5. The molecule has 2 aromatic carbocycles. The van der Waals surface area contributed by atoms with Crippen molar-refractivity contribution in [2.24, 2.45) is 17.8 Å². The second-order valence-electron chi connectivity index (χ2n) is 13.4. The maximum atomic E-state index is 15.3. The first-order chi connectivity index (χ1) is 26.1. The first-order valence-corrected chi connectivity index (χ1v) is 17.6. The number of hydrazine groups is 1. The van der Waals surface area contributed by atoms with Gasteiger partial charge >= 0.3 is 6.18 Å². The van der Waals surface area contributed by atoms with E-state index in [9.17, 15) is 50.6 Å². The van der Waals surface area contributed by atoms with E-state index in [2.05, 4.69) is 4.98 Å². The molecule has 56 heavy (non-hydrogen) atoms. The Morgan fingerprint density at radius 1 is 0.929 bits per heavy atom. The average Bonchev–Trinajstić information content (AvgIpc) is 3.48. The number of ether oxygens (including phenoxy) is 1. The summed E-state index contributed by atoms with van der Waals surface area (Å²) in [6.45, 7) is 1.56. The summed E-state index contributed by atoms with van der Waals surface area (Å²) in [5, 5.41) is 11.3. The number of phenols is 1. The van der Waals surface area contributed by atoms with Gasteiger partial charge in [0.15, 0.2) is 50.3 Å². The van der Waals surface area contributed by atoms with Crippen molar-refractivity contribution in [2.75, 3.05) is 23.6 Å². The number of hydrogen-bond acceptors (Lipinski definition) is 8. The van der Waals surface area contributed by atoms with Crippen molar-refractivity contribution < 1.29 is 64.1 Å². The lowest BCUT2D eigenvalue weighted by atomic mass is 9.56. The molecule has 0 bridgehead atoms. The number of carbonyl (C=O) groups is 4. The minimum Gasteiger partial charge on any atom is -0.504 e. The van der Waals surface area contributed by atoms with Gasteiger partial charge in [-0.25, -0.2) is 31.8 Å². The number of halogens is 11. The van der Waals surface area contributed by atoms with Gasteiger partial charge in [0.05, 0.1) is 23.5 Å². The number of fused-ring (bicyclic) bond motifs is 4. The minimum absolute atomic E-state index is 0.00161. The first kappa shape index (κ1) is 39.6. The predicted octanol–water partition coefficient (Wildman–Crippen LogP) is 7.17. The molecule has 296 valence electrons. The van der Waals surface area contributed by atoms with Crippen LogP contribution in [-0.2, 0) is 25.4 Å². The molecule has 6 unspecified atom stereocenters. The van der Waals surface area contributed by atoms with Crippen LogP contribution in [0.5, 0.6) is 11.5 Å². The largest absolute Gasteiger partial charge is 0.504 e. The van der Waals surface area contributed by atoms with Crippen molar-refractivity contribution in [1.82, 2.24) is 9.99 Å². The summed E-state index contributed by atoms with van der Waals surface area (Å²) in [5.74, 6) is -25.1. The highest BCUT2D eigenvalue weighted by Gasteiger charge is 2.77. The number of rotatable bonds is 6. The predicted molar refractivity (Wildman–Crippen MR) is 180 cm³/mol. The number of phenolic OH excluding ortho intramolecular Hbond substituents is 1. The van der Waals surface area contributed by atoms with Crippen LogP contribution >= 0.6 is 34.8 Å². The Kier molecular flexibility index (Phi) is 9.32. The van der Waals surface area contributed by atoms with Gasteiger partial charge in [0, 0.05) is 13.0 Å². The van der Waals surface area contributed by atoms with E-state index >= 15 is 8.78 Å². The highest BCUT2D eigenvalue weighted by Crippen LogP contribution is 2.66. The molecule has 1 aromatic heterocycles. The first-order valence-electron chi connectivity index (χ1n) is 16.4. The van der Waals surface area contributed by atoms with Gasteiger partial charge in [0.25, 0.3) is 23.6 Å². The fourth-order valence-corrected chi connectivity index (χ4v) is 9.27. The minimum atomic E-state index is -4.95. The third-order valence-corrected chi connectivity index (χ3v) is 12.2. The Bertz CT molecular complexity index is 2290. The summed E-state index contributed by atoms with van der Waals surface area (Å²) >= 11 is 20.4. The molecular formula is C35H23Cl3F8N4O6. The molecular weight excluding hydrogens is 831 g/mol. The van der Waals surface area contributed by atoms with E-state index in [1.54, 1.807) is 6.92 Å². The second kappa shape index (κ2) is 13.2. The fourth-order valence-electron chi connectivity index (χ4n) is 8.11. The molecule has 2 saturated heterocycles. The van der Waals surface area contributed by atoms with Gasteiger partial charge < -0.3 is 9.84 Å². The highest BCUT2D eigenvalue weighted by molar-refractivity contribution is 6.58. The molecule has 3 heterocycles. The summed E-state index contributed by atoms with van der Waals surface area (Å²) in [5.41, 5.74) is -3.32. The molecule has 21 heteroatoms. The zero-order chi connectivity index (χ0) is 41.1. The van der Waals surface area contributed by atoms with Gasteiger partial charge in [0.2, 0.25) is 5.82 Å². The SMILES string of the molecule is CCOc1cc(C2C3=CCC4C(=O)N(N(C)c5nc(C(F)(F)F)ccc5Cl)C(=O)C4C3CC3(Cl)C(=O)N(c4c(F)c(F)c(F)c(F)c4F)C(=O)C23Cl)ccc1O. The van der Waals surface area contributed by atoms with Crippen molar-refractivity contribution in [2.45, 2.75) is 41.6 Å². The summed E-state index contributed by atoms with van der Waals surface area (Å²) in [4.78, 5) is 54.6. The number of aromatic nitrogens is 1. The summed E-state index contributed by atoms with van der Waals surface area (Å²) in [6.07, 6.45) is -4.65. The van der Waals surface area contributed by atoms with Crippen LogP contribution in [0.15, 0.2) is 42.0 Å². The van der Waals surface area contributed by atoms with Gasteiger partial charge in [-0.05, 0) is 55.5 Å². The van der Waals surface area contributed by atoms with E-state index in [1.165, 1.54) is 18.2 Å². The molecule has 0 spiro atoms. The molecule has 2 aliphatic heterocycles. The zero-order valence-electron chi connectivity index (χ0n) is 28.3. The number of allylic oxidation sites excluding steroid dienone is 2. The second-order valence-corrected chi connectivity index (χ2v) is 15.0. The Hall–Kier alpha value is -4.68. The Morgan fingerprint density at radius 2 is 1.55 bits per heavy atom. The summed E-state index contributed by atoms with van der Waals surface area (Å²) in [7, 11) is 1.05. The fraction of sp³-hybridized carbons (Fsp3) is 0.343. The monoisotopic (exact) mass is 852 g/mol. The number of imide groups is 2. The van der Waals surface area contributed by atoms with Crippen molar-refractivity contribution in [3.05, 3.63) is 87.3 Å². The van der Waals surface area contributed by atoms with E-state index in [-0.39, 0.29) is 39.8 Å². The van der Waals surface area contributed by atoms with Gasteiger partial charge in [-0.2, -0.15) is 18.2 Å². The van der Waals surface area contributed by atoms with E-state index in [4.69, 9.17) is 39.5 Å². The normalized spacial score (nSPS) is 27.3. The summed E-state index contributed by atoms with van der Waals surface area (Å²) in [6, 6.07) is 4.97. The van der Waals surface area contributed by atoms with Crippen LogP contribution in [0.3, 0.4) is 0 Å². The molecule has 3 fully saturated rings. The van der Waals surface area contributed by atoms with E-state index in [0.29, 0.717) is 16.1 Å². The van der Waals surface area contributed by atoms with Crippen molar-refractivity contribution >= 4 is 69.9 Å². The molecule has 10 nitrogen and oxygen atoms in total. The number of alkyl halides is 5. The Morgan fingerprint density at radius 3 is 2.16 bits per heavy atom. The van der Waals surface area contributed by atoms with Crippen molar-refractivity contribution in [1.29, 1.82) is 0 Å². The molecule has 4 aliphatic rings. The van der Waals surface area contributed by atoms with Crippen molar-refractivity contribution in [3.63, 3.8) is 0 Å².